The van der Waals surface area contributed by atoms with Crippen molar-refractivity contribution in [3.63, 3.8) is 0 Å². The van der Waals surface area contributed by atoms with E-state index >= 15 is 0 Å². The Hall–Kier alpha value is -1.36. The van der Waals surface area contributed by atoms with Gasteiger partial charge in [-0.15, -0.1) is 0 Å². The van der Waals surface area contributed by atoms with Gasteiger partial charge in [0.15, 0.2) is 0 Å². The van der Waals surface area contributed by atoms with Gasteiger partial charge in [-0.1, -0.05) is 0 Å². The van der Waals surface area contributed by atoms with E-state index in [1.807, 2.05) is 20.0 Å². The number of rotatable bonds is 6. The molecule has 1 rings (SSSR count). The lowest BCUT2D eigenvalue weighted by Crippen LogP contribution is -2.28. The second kappa shape index (κ2) is 6.27. The molecule has 0 aromatic carbocycles. The highest BCUT2D eigenvalue weighted by Gasteiger charge is 2.07. The third kappa shape index (κ3) is 3.34. The number of likely N-dealkylation sites (N-methyl/N-ethyl adjacent to an activating group) is 1. The molecule has 5 nitrogen and oxygen atoms in total. The normalized spacial score (nSPS) is 10.2. The van der Waals surface area contributed by atoms with Crippen LogP contribution < -0.4 is 10.2 Å². The minimum Gasteiger partial charge on any atom is -0.383 e. The number of nitrogens with one attached hydrogen (secondary N) is 1. The van der Waals surface area contributed by atoms with E-state index in [4.69, 9.17) is 4.74 Å². The van der Waals surface area contributed by atoms with E-state index in [1.54, 1.807) is 7.11 Å². The first-order chi connectivity index (χ1) is 7.71. The van der Waals surface area contributed by atoms with Gasteiger partial charge in [0, 0.05) is 33.3 Å². The Labute approximate surface area is 96.8 Å². The van der Waals surface area contributed by atoms with Crippen molar-refractivity contribution < 1.29 is 4.74 Å². The summed E-state index contributed by atoms with van der Waals surface area (Å²) in [4.78, 5) is 10.9. The van der Waals surface area contributed by atoms with Gasteiger partial charge >= 0.3 is 0 Å². The number of hydrogen-bond acceptors (Lipinski definition) is 5. The van der Waals surface area contributed by atoms with Crippen LogP contribution in [-0.2, 0) is 4.74 Å². The number of nitrogens with zero attached hydrogens (tertiary/aromatic N) is 3. The molecule has 0 aliphatic carbocycles. The zero-order valence-corrected chi connectivity index (χ0v) is 10.4. The summed E-state index contributed by atoms with van der Waals surface area (Å²) < 4.78 is 5.08. The Kier molecular flexibility index (Phi) is 4.98. The Morgan fingerprint density at radius 2 is 2.19 bits per heavy atom. The molecule has 0 bridgehead atoms. The van der Waals surface area contributed by atoms with Crippen molar-refractivity contribution in [1.29, 1.82) is 0 Å². The fourth-order valence-electron chi connectivity index (χ4n) is 1.48. The van der Waals surface area contributed by atoms with Gasteiger partial charge in [0.05, 0.1) is 6.61 Å². The molecule has 0 aliphatic rings. The van der Waals surface area contributed by atoms with Crippen molar-refractivity contribution in [2.45, 2.75) is 13.8 Å². The number of anilines is 2. The van der Waals surface area contributed by atoms with Crippen molar-refractivity contribution in [3.8, 4) is 0 Å². The molecule has 1 N–H and O–H groups in total. The van der Waals surface area contributed by atoms with Crippen LogP contribution in [0, 0.1) is 6.92 Å². The predicted octanol–water partition coefficient (Wildman–Crippen LogP) is 1.30. The van der Waals surface area contributed by atoms with Gasteiger partial charge in [-0.2, -0.15) is 0 Å². The van der Waals surface area contributed by atoms with Gasteiger partial charge in [-0.25, -0.2) is 9.97 Å². The molecule has 16 heavy (non-hydrogen) atoms. The van der Waals surface area contributed by atoms with Crippen molar-refractivity contribution in [3.05, 3.63) is 11.9 Å². The van der Waals surface area contributed by atoms with Crippen LogP contribution in [0.5, 0.6) is 0 Å². The van der Waals surface area contributed by atoms with Crippen molar-refractivity contribution in [1.82, 2.24) is 9.97 Å². The Bertz CT molecular complexity index is 330. The molecule has 1 heterocycles. The monoisotopic (exact) mass is 224 g/mol. The standard InChI is InChI=1S/C11H20N4O/c1-5-15(6-7-16-4)11-8-10(12-3)13-9(2)14-11/h8H,5-7H2,1-4H3,(H,12,13,14). The molecule has 5 heteroatoms. The van der Waals surface area contributed by atoms with Gasteiger partial charge in [0.1, 0.15) is 17.5 Å². The van der Waals surface area contributed by atoms with Gasteiger partial charge < -0.3 is 15.0 Å². The van der Waals surface area contributed by atoms with Crippen molar-refractivity contribution in [2.24, 2.45) is 0 Å². The summed E-state index contributed by atoms with van der Waals surface area (Å²) in [5, 5.41) is 3.03. The molecular weight excluding hydrogens is 204 g/mol. The van der Waals surface area contributed by atoms with Gasteiger partial charge in [0.2, 0.25) is 0 Å². The number of aromatic nitrogens is 2. The fraction of sp³-hybridized carbons (Fsp3) is 0.636. The predicted molar refractivity (Wildman–Crippen MR) is 66.1 cm³/mol. The topological polar surface area (TPSA) is 50.3 Å². The zero-order valence-electron chi connectivity index (χ0n) is 10.4. The first-order valence-electron chi connectivity index (χ1n) is 5.48. The summed E-state index contributed by atoms with van der Waals surface area (Å²) in [5.41, 5.74) is 0. The molecule has 0 atom stereocenters. The van der Waals surface area contributed by atoms with Crippen LogP contribution in [0.15, 0.2) is 6.07 Å². The quantitative estimate of drug-likeness (QED) is 0.789. The highest BCUT2D eigenvalue weighted by Crippen LogP contribution is 2.14. The Morgan fingerprint density at radius 1 is 1.44 bits per heavy atom. The maximum Gasteiger partial charge on any atom is 0.134 e. The van der Waals surface area contributed by atoms with E-state index in [0.29, 0.717) is 6.61 Å². The van der Waals surface area contributed by atoms with Crippen molar-refractivity contribution >= 4 is 11.6 Å². The van der Waals surface area contributed by atoms with Gasteiger partial charge in [-0.05, 0) is 13.8 Å². The van der Waals surface area contributed by atoms with E-state index in [0.717, 1.165) is 30.5 Å². The fourth-order valence-corrected chi connectivity index (χ4v) is 1.48. The van der Waals surface area contributed by atoms with Crippen LogP contribution in [0.1, 0.15) is 12.7 Å². The molecule has 0 aliphatic heterocycles. The van der Waals surface area contributed by atoms with E-state index in [-0.39, 0.29) is 0 Å². The summed E-state index contributed by atoms with van der Waals surface area (Å²) in [6.07, 6.45) is 0. The summed E-state index contributed by atoms with van der Waals surface area (Å²) in [5.74, 6) is 2.56. The minimum atomic E-state index is 0.700. The largest absolute Gasteiger partial charge is 0.383 e. The molecule has 1 aromatic heterocycles. The van der Waals surface area contributed by atoms with Crippen LogP contribution >= 0.6 is 0 Å². The Balaban J connectivity index is 2.86. The zero-order chi connectivity index (χ0) is 12.0. The van der Waals surface area contributed by atoms with Crippen LogP contribution in [-0.4, -0.2) is 43.8 Å². The molecule has 0 saturated heterocycles. The molecule has 0 unspecified atom stereocenters. The lowest BCUT2D eigenvalue weighted by molar-refractivity contribution is 0.205. The van der Waals surface area contributed by atoms with Gasteiger partial charge in [-0.3, -0.25) is 0 Å². The highest BCUT2D eigenvalue weighted by molar-refractivity contribution is 5.49. The van der Waals surface area contributed by atoms with Crippen LogP contribution in [0.4, 0.5) is 11.6 Å². The molecule has 1 aromatic rings. The van der Waals surface area contributed by atoms with Crippen LogP contribution in [0.2, 0.25) is 0 Å². The highest BCUT2D eigenvalue weighted by atomic mass is 16.5. The second-order valence-corrected chi connectivity index (χ2v) is 3.48. The second-order valence-electron chi connectivity index (χ2n) is 3.48. The first-order valence-corrected chi connectivity index (χ1v) is 5.48. The number of aryl methyl sites for hydroxylation is 1. The maximum atomic E-state index is 5.08. The molecule has 0 radical (unpaired) electrons. The third-order valence-electron chi connectivity index (χ3n) is 2.35. The van der Waals surface area contributed by atoms with E-state index in [1.165, 1.54) is 0 Å². The third-order valence-corrected chi connectivity index (χ3v) is 2.35. The van der Waals surface area contributed by atoms with E-state index in [9.17, 15) is 0 Å². The molecule has 0 saturated carbocycles. The number of methoxy groups -OCH3 is 1. The average molecular weight is 224 g/mol. The number of hydrogen-bond donors (Lipinski definition) is 1. The molecule has 0 amide bonds. The summed E-state index contributed by atoms with van der Waals surface area (Å²) >= 11 is 0. The SMILES string of the molecule is CCN(CCOC)c1cc(NC)nc(C)n1. The van der Waals surface area contributed by atoms with E-state index in [2.05, 4.69) is 27.1 Å². The van der Waals surface area contributed by atoms with Gasteiger partial charge in [0.25, 0.3) is 0 Å². The molecular formula is C11H20N4O. The smallest absolute Gasteiger partial charge is 0.134 e. The van der Waals surface area contributed by atoms with Crippen LogP contribution in [0.3, 0.4) is 0 Å². The van der Waals surface area contributed by atoms with Crippen molar-refractivity contribution in [2.75, 3.05) is 44.1 Å². The summed E-state index contributed by atoms with van der Waals surface area (Å²) in [6.45, 7) is 6.45. The molecule has 90 valence electrons. The summed E-state index contributed by atoms with van der Waals surface area (Å²) in [7, 11) is 3.56. The lowest BCUT2D eigenvalue weighted by Gasteiger charge is -2.22. The summed E-state index contributed by atoms with van der Waals surface area (Å²) in [6, 6.07) is 1.95. The Morgan fingerprint density at radius 3 is 2.75 bits per heavy atom. The lowest BCUT2D eigenvalue weighted by atomic mass is 10.4. The average Bonchev–Trinajstić information content (AvgIpc) is 2.29. The van der Waals surface area contributed by atoms with E-state index < -0.39 is 0 Å². The number of ether oxygens (including phenoxy) is 1. The molecule has 0 fully saturated rings. The minimum absolute atomic E-state index is 0.700. The first kappa shape index (κ1) is 12.7. The molecule has 0 spiro atoms. The maximum absolute atomic E-state index is 5.08. The van der Waals surface area contributed by atoms with Crippen LogP contribution in [0.25, 0.3) is 0 Å².